The van der Waals surface area contributed by atoms with Crippen LogP contribution in [-0.4, -0.2) is 19.8 Å². The standard InChI is InChI=1S/C18H14N4O/c1-2-5-9-14(8-4-1)18-20-19-16-12-13-17(21-22(16)18)23-15-10-6-3-7-11-15/h1,3-13H,2H2. The van der Waals surface area contributed by atoms with Crippen molar-refractivity contribution in [2.75, 3.05) is 0 Å². The molecule has 0 unspecified atom stereocenters. The van der Waals surface area contributed by atoms with E-state index in [0.29, 0.717) is 17.4 Å². The Kier molecular flexibility index (Phi) is 3.44. The topological polar surface area (TPSA) is 52.3 Å². The summed E-state index contributed by atoms with van der Waals surface area (Å²) in [5, 5.41) is 12.9. The fourth-order valence-electron chi connectivity index (χ4n) is 2.34. The molecule has 3 aromatic rings. The number of rotatable bonds is 3. The zero-order valence-corrected chi connectivity index (χ0v) is 12.3. The first-order chi connectivity index (χ1) is 11.4. The van der Waals surface area contributed by atoms with Crippen molar-refractivity contribution in [2.45, 2.75) is 6.42 Å². The van der Waals surface area contributed by atoms with E-state index in [1.165, 1.54) is 0 Å². The highest BCUT2D eigenvalue weighted by Crippen LogP contribution is 2.21. The maximum absolute atomic E-state index is 5.78. The predicted molar refractivity (Wildman–Crippen MR) is 88.2 cm³/mol. The van der Waals surface area contributed by atoms with Gasteiger partial charge in [0.1, 0.15) is 5.75 Å². The van der Waals surface area contributed by atoms with Gasteiger partial charge >= 0.3 is 0 Å². The van der Waals surface area contributed by atoms with E-state index in [-0.39, 0.29) is 0 Å². The van der Waals surface area contributed by atoms with Crippen molar-refractivity contribution in [1.29, 1.82) is 0 Å². The molecule has 0 atom stereocenters. The number of hydrogen-bond donors (Lipinski definition) is 0. The first-order valence-electron chi connectivity index (χ1n) is 7.39. The Bertz CT molecular complexity index is 923. The normalized spacial score (nSPS) is 13.8. The molecule has 1 aliphatic carbocycles. The van der Waals surface area contributed by atoms with Crippen LogP contribution in [0.15, 0.2) is 72.8 Å². The number of allylic oxidation sites excluding steroid dienone is 6. The molecular weight excluding hydrogens is 288 g/mol. The maximum Gasteiger partial charge on any atom is 0.237 e. The van der Waals surface area contributed by atoms with Crippen LogP contribution >= 0.6 is 0 Å². The van der Waals surface area contributed by atoms with E-state index in [2.05, 4.69) is 27.4 Å². The number of benzene rings is 1. The molecule has 0 saturated heterocycles. The molecule has 0 saturated carbocycles. The monoisotopic (exact) mass is 302 g/mol. The summed E-state index contributed by atoms with van der Waals surface area (Å²) in [7, 11) is 0. The van der Waals surface area contributed by atoms with Crippen LogP contribution in [0.3, 0.4) is 0 Å². The van der Waals surface area contributed by atoms with E-state index < -0.39 is 0 Å². The first-order valence-corrected chi connectivity index (χ1v) is 7.39. The van der Waals surface area contributed by atoms with Gasteiger partial charge in [-0.1, -0.05) is 48.6 Å². The minimum atomic E-state index is 0.499. The molecule has 0 fully saturated rings. The highest BCUT2D eigenvalue weighted by atomic mass is 16.5. The average Bonchev–Trinajstić information content (AvgIpc) is 2.81. The Balaban J connectivity index is 1.74. The highest BCUT2D eigenvalue weighted by Gasteiger charge is 2.11. The number of aromatic nitrogens is 4. The summed E-state index contributed by atoms with van der Waals surface area (Å²) < 4.78 is 7.49. The van der Waals surface area contributed by atoms with Crippen molar-refractivity contribution in [1.82, 2.24) is 19.8 Å². The lowest BCUT2D eigenvalue weighted by Gasteiger charge is -2.05. The second kappa shape index (κ2) is 5.88. The summed E-state index contributed by atoms with van der Waals surface area (Å²) in [6.45, 7) is 0. The molecular formula is C18H14N4O. The van der Waals surface area contributed by atoms with Crippen LogP contribution < -0.4 is 4.74 Å². The zero-order chi connectivity index (χ0) is 15.5. The second-order valence-electron chi connectivity index (χ2n) is 5.07. The number of ether oxygens (including phenoxy) is 1. The third-order valence-corrected chi connectivity index (χ3v) is 3.44. The van der Waals surface area contributed by atoms with Gasteiger partial charge in [-0.25, -0.2) is 0 Å². The predicted octanol–water partition coefficient (Wildman–Crippen LogP) is 3.82. The Morgan fingerprint density at radius 2 is 1.87 bits per heavy atom. The van der Waals surface area contributed by atoms with Crippen LogP contribution in [0, 0.1) is 0 Å². The Morgan fingerprint density at radius 1 is 0.957 bits per heavy atom. The lowest BCUT2D eigenvalue weighted by molar-refractivity contribution is 0.452. The Labute approximate surface area is 133 Å². The Hall–Kier alpha value is -3.21. The smallest absolute Gasteiger partial charge is 0.237 e. The number of nitrogens with zero attached hydrogens (tertiary/aromatic N) is 4. The molecule has 23 heavy (non-hydrogen) atoms. The van der Waals surface area contributed by atoms with Crippen LogP contribution in [0.5, 0.6) is 11.6 Å². The molecule has 5 heteroatoms. The molecule has 0 N–H and O–H groups in total. The van der Waals surface area contributed by atoms with Crippen LogP contribution in [-0.2, 0) is 0 Å². The van der Waals surface area contributed by atoms with Crippen molar-refractivity contribution in [2.24, 2.45) is 0 Å². The lowest BCUT2D eigenvalue weighted by Crippen LogP contribution is -1.99. The molecule has 0 bridgehead atoms. The average molecular weight is 302 g/mol. The molecule has 1 aliphatic rings. The van der Waals surface area contributed by atoms with E-state index in [9.17, 15) is 0 Å². The van der Waals surface area contributed by atoms with Crippen molar-refractivity contribution >= 4 is 11.2 Å². The van der Waals surface area contributed by atoms with E-state index in [0.717, 1.165) is 17.7 Å². The summed E-state index contributed by atoms with van der Waals surface area (Å²) >= 11 is 0. The van der Waals surface area contributed by atoms with E-state index in [4.69, 9.17) is 4.74 Å². The molecule has 5 nitrogen and oxygen atoms in total. The summed E-state index contributed by atoms with van der Waals surface area (Å²) in [6.07, 6.45) is 11.1. The molecule has 0 spiro atoms. The molecule has 1 aromatic carbocycles. The summed E-state index contributed by atoms with van der Waals surface area (Å²) in [5.74, 6) is 1.94. The zero-order valence-electron chi connectivity index (χ0n) is 12.3. The van der Waals surface area contributed by atoms with E-state index in [1.54, 1.807) is 10.6 Å². The van der Waals surface area contributed by atoms with Crippen LogP contribution in [0.4, 0.5) is 0 Å². The quantitative estimate of drug-likeness (QED) is 0.738. The largest absolute Gasteiger partial charge is 0.438 e. The van der Waals surface area contributed by atoms with Gasteiger partial charge in [0, 0.05) is 11.6 Å². The highest BCUT2D eigenvalue weighted by molar-refractivity contribution is 5.72. The van der Waals surface area contributed by atoms with Gasteiger partial charge in [-0.3, -0.25) is 0 Å². The van der Waals surface area contributed by atoms with E-state index in [1.807, 2.05) is 54.6 Å². The van der Waals surface area contributed by atoms with Gasteiger partial charge < -0.3 is 4.74 Å². The van der Waals surface area contributed by atoms with Gasteiger partial charge in [0.2, 0.25) is 5.88 Å². The van der Waals surface area contributed by atoms with Crippen molar-refractivity contribution < 1.29 is 4.74 Å². The summed E-state index contributed by atoms with van der Waals surface area (Å²) in [4.78, 5) is 0. The van der Waals surface area contributed by atoms with Crippen molar-refractivity contribution in [3.8, 4) is 11.6 Å². The third kappa shape index (κ3) is 2.76. The first kappa shape index (κ1) is 13.5. The Morgan fingerprint density at radius 3 is 2.78 bits per heavy atom. The van der Waals surface area contributed by atoms with Gasteiger partial charge in [0.15, 0.2) is 11.5 Å². The van der Waals surface area contributed by atoms with Gasteiger partial charge in [-0.15, -0.1) is 15.3 Å². The minimum absolute atomic E-state index is 0.499. The minimum Gasteiger partial charge on any atom is -0.438 e. The number of fused-ring (bicyclic) bond motifs is 1. The fourth-order valence-corrected chi connectivity index (χ4v) is 2.34. The molecule has 0 radical (unpaired) electrons. The fraction of sp³-hybridized carbons (Fsp3) is 0.0556. The van der Waals surface area contributed by atoms with Crippen LogP contribution in [0.25, 0.3) is 11.2 Å². The number of hydrogen-bond acceptors (Lipinski definition) is 4. The lowest BCUT2D eigenvalue weighted by atomic mass is 10.2. The molecule has 2 aromatic heterocycles. The van der Waals surface area contributed by atoms with Gasteiger partial charge in [-0.05, 0) is 24.6 Å². The molecule has 0 amide bonds. The number of para-hydroxylation sites is 1. The second-order valence-corrected chi connectivity index (χ2v) is 5.07. The SMILES string of the molecule is C1=CCC=CC(c2nnc3ccc(Oc4ccccc4)nn23)=C1. The maximum atomic E-state index is 5.78. The van der Waals surface area contributed by atoms with Crippen molar-refractivity contribution in [3.05, 3.63) is 78.7 Å². The van der Waals surface area contributed by atoms with Gasteiger partial charge in [0.25, 0.3) is 0 Å². The third-order valence-electron chi connectivity index (χ3n) is 3.44. The molecule has 2 heterocycles. The van der Waals surface area contributed by atoms with Gasteiger partial charge in [0.05, 0.1) is 0 Å². The van der Waals surface area contributed by atoms with Crippen LogP contribution in [0.1, 0.15) is 12.2 Å². The van der Waals surface area contributed by atoms with Crippen molar-refractivity contribution in [3.63, 3.8) is 0 Å². The molecule has 4 rings (SSSR count). The summed E-state index contributed by atoms with van der Waals surface area (Å²) in [5.41, 5.74) is 1.65. The van der Waals surface area contributed by atoms with Gasteiger partial charge in [-0.2, -0.15) is 4.52 Å². The molecule has 0 aliphatic heterocycles. The molecule has 112 valence electrons. The van der Waals surface area contributed by atoms with E-state index >= 15 is 0 Å². The van der Waals surface area contributed by atoms with Crippen LogP contribution in [0.2, 0.25) is 0 Å². The summed E-state index contributed by atoms with van der Waals surface area (Å²) in [6, 6.07) is 13.2.